The molecule has 18 heavy (non-hydrogen) atoms. The van der Waals surface area contributed by atoms with Crippen molar-refractivity contribution in [3.63, 3.8) is 0 Å². The predicted octanol–water partition coefficient (Wildman–Crippen LogP) is 1.99. The Labute approximate surface area is 116 Å². The van der Waals surface area contributed by atoms with E-state index in [4.69, 9.17) is 10.8 Å². The first-order valence-electron chi connectivity index (χ1n) is 5.79. The third-order valence-electron chi connectivity index (χ3n) is 2.73. The summed E-state index contributed by atoms with van der Waals surface area (Å²) in [6.07, 6.45) is 0.00179. The molecule has 4 nitrogen and oxygen atoms in total. The van der Waals surface area contributed by atoms with Gasteiger partial charge < -0.3 is 15.7 Å². The third-order valence-corrected chi connectivity index (χ3v) is 3.23. The molecule has 0 heterocycles. The molecule has 0 aliphatic rings. The smallest absolute Gasteiger partial charge is 0.304 e. The van der Waals surface area contributed by atoms with Gasteiger partial charge in [0.1, 0.15) is 0 Å². The molecule has 1 rings (SSSR count). The maximum absolute atomic E-state index is 10.5. The first-order chi connectivity index (χ1) is 8.38. The van der Waals surface area contributed by atoms with Crippen LogP contribution in [0.1, 0.15) is 17.5 Å². The van der Waals surface area contributed by atoms with Crippen molar-refractivity contribution in [3.8, 4) is 0 Å². The average Bonchev–Trinajstić information content (AvgIpc) is 2.21. The van der Waals surface area contributed by atoms with Gasteiger partial charge in [0, 0.05) is 23.6 Å². The van der Waals surface area contributed by atoms with Crippen molar-refractivity contribution in [2.75, 3.05) is 13.6 Å². The first-order valence-corrected chi connectivity index (χ1v) is 6.58. The van der Waals surface area contributed by atoms with Crippen LogP contribution in [0.3, 0.4) is 0 Å². The van der Waals surface area contributed by atoms with Crippen LogP contribution in [-0.2, 0) is 11.3 Å². The van der Waals surface area contributed by atoms with Gasteiger partial charge in [-0.25, -0.2) is 0 Å². The van der Waals surface area contributed by atoms with E-state index in [0.29, 0.717) is 6.54 Å². The van der Waals surface area contributed by atoms with Crippen LogP contribution in [0, 0.1) is 6.92 Å². The summed E-state index contributed by atoms with van der Waals surface area (Å²) >= 11 is 3.45. The quantitative estimate of drug-likeness (QED) is 0.842. The normalized spacial score (nSPS) is 12.7. The molecule has 0 amide bonds. The summed E-state index contributed by atoms with van der Waals surface area (Å²) in [5, 5.41) is 8.66. The van der Waals surface area contributed by atoms with Crippen molar-refractivity contribution < 1.29 is 9.90 Å². The summed E-state index contributed by atoms with van der Waals surface area (Å²) in [7, 11) is 1.95. The van der Waals surface area contributed by atoms with Crippen LogP contribution >= 0.6 is 15.9 Å². The summed E-state index contributed by atoms with van der Waals surface area (Å²) in [4.78, 5) is 12.6. The lowest BCUT2D eigenvalue weighted by Gasteiger charge is -2.21. The second kappa shape index (κ2) is 6.87. The van der Waals surface area contributed by atoms with Crippen LogP contribution < -0.4 is 5.73 Å². The van der Waals surface area contributed by atoms with Crippen molar-refractivity contribution in [1.82, 2.24) is 4.90 Å². The van der Waals surface area contributed by atoms with Crippen LogP contribution in [0.5, 0.6) is 0 Å². The number of rotatable bonds is 6. The largest absolute Gasteiger partial charge is 0.481 e. The Balaban J connectivity index is 2.56. The SMILES string of the molecule is Cc1ccc(Br)cc1CN(C)CC(N)CC(=O)O. The van der Waals surface area contributed by atoms with Gasteiger partial charge in [0.25, 0.3) is 0 Å². The Hall–Kier alpha value is -0.910. The number of carboxylic acids is 1. The summed E-state index contributed by atoms with van der Waals surface area (Å²) in [5.74, 6) is -0.852. The number of hydrogen-bond donors (Lipinski definition) is 2. The van der Waals surface area contributed by atoms with Gasteiger partial charge in [-0.15, -0.1) is 0 Å². The second-order valence-electron chi connectivity index (χ2n) is 4.63. The summed E-state index contributed by atoms with van der Waals surface area (Å²) in [6.45, 7) is 3.39. The highest BCUT2D eigenvalue weighted by Gasteiger charge is 2.11. The van der Waals surface area contributed by atoms with Gasteiger partial charge in [0.15, 0.2) is 0 Å². The lowest BCUT2D eigenvalue weighted by Crippen LogP contribution is -2.36. The molecular weight excluding hydrogens is 296 g/mol. The van der Waals surface area contributed by atoms with E-state index in [-0.39, 0.29) is 12.5 Å². The lowest BCUT2D eigenvalue weighted by molar-refractivity contribution is -0.137. The minimum absolute atomic E-state index is 0.00179. The Bertz CT molecular complexity index is 423. The van der Waals surface area contributed by atoms with E-state index in [1.54, 1.807) is 0 Å². The number of nitrogens with zero attached hydrogens (tertiary/aromatic N) is 1. The van der Waals surface area contributed by atoms with E-state index in [0.717, 1.165) is 11.0 Å². The number of halogens is 1. The summed E-state index contributed by atoms with van der Waals surface area (Å²) in [6, 6.07) is 5.81. The van der Waals surface area contributed by atoms with Crippen LogP contribution in [-0.4, -0.2) is 35.6 Å². The molecule has 1 atom stereocenters. The molecule has 0 radical (unpaired) electrons. The lowest BCUT2D eigenvalue weighted by atomic mass is 10.1. The molecular formula is C13H19BrN2O2. The fraction of sp³-hybridized carbons (Fsp3) is 0.462. The third kappa shape index (κ3) is 5.16. The van der Waals surface area contributed by atoms with E-state index in [2.05, 4.69) is 35.0 Å². The first kappa shape index (κ1) is 15.1. The minimum atomic E-state index is -0.852. The molecule has 0 saturated heterocycles. The van der Waals surface area contributed by atoms with Crippen molar-refractivity contribution in [3.05, 3.63) is 33.8 Å². The highest BCUT2D eigenvalue weighted by molar-refractivity contribution is 9.10. The zero-order chi connectivity index (χ0) is 13.7. The van der Waals surface area contributed by atoms with E-state index < -0.39 is 5.97 Å². The van der Waals surface area contributed by atoms with Crippen molar-refractivity contribution in [2.45, 2.75) is 25.9 Å². The number of aryl methyl sites for hydroxylation is 1. The molecule has 0 aliphatic carbocycles. The van der Waals surface area contributed by atoms with Gasteiger partial charge in [-0.2, -0.15) is 0 Å². The number of aliphatic carboxylic acids is 1. The molecule has 0 spiro atoms. The number of likely N-dealkylation sites (N-methyl/N-ethyl adjacent to an activating group) is 1. The molecule has 0 fully saturated rings. The number of carboxylic acid groups (broad SMARTS) is 1. The fourth-order valence-electron chi connectivity index (χ4n) is 1.85. The monoisotopic (exact) mass is 314 g/mol. The molecule has 0 aliphatic heterocycles. The van der Waals surface area contributed by atoms with Crippen LogP contribution in [0.15, 0.2) is 22.7 Å². The highest BCUT2D eigenvalue weighted by atomic mass is 79.9. The van der Waals surface area contributed by atoms with Gasteiger partial charge in [-0.3, -0.25) is 4.79 Å². The van der Waals surface area contributed by atoms with Gasteiger partial charge >= 0.3 is 5.97 Å². The molecule has 1 aromatic carbocycles. The van der Waals surface area contributed by atoms with Crippen LogP contribution in [0.4, 0.5) is 0 Å². The molecule has 0 bridgehead atoms. The number of carbonyl (C=O) groups is 1. The zero-order valence-electron chi connectivity index (χ0n) is 10.7. The molecule has 5 heteroatoms. The molecule has 1 unspecified atom stereocenters. The Kier molecular flexibility index (Phi) is 5.78. The maximum Gasteiger partial charge on any atom is 0.304 e. The zero-order valence-corrected chi connectivity index (χ0v) is 12.3. The Morgan fingerprint density at radius 3 is 2.83 bits per heavy atom. The fourth-order valence-corrected chi connectivity index (χ4v) is 2.26. The van der Waals surface area contributed by atoms with Crippen molar-refractivity contribution >= 4 is 21.9 Å². The molecule has 1 aromatic rings. The highest BCUT2D eigenvalue weighted by Crippen LogP contribution is 2.17. The Morgan fingerprint density at radius 1 is 1.56 bits per heavy atom. The minimum Gasteiger partial charge on any atom is -0.481 e. The van der Waals surface area contributed by atoms with Gasteiger partial charge in [0.05, 0.1) is 6.42 Å². The van der Waals surface area contributed by atoms with E-state index in [1.165, 1.54) is 11.1 Å². The van der Waals surface area contributed by atoms with Gasteiger partial charge in [-0.05, 0) is 37.2 Å². The van der Waals surface area contributed by atoms with E-state index in [9.17, 15) is 4.79 Å². The Morgan fingerprint density at radius 2 is 2.22 bits per heavy atom. The van der Waals surface area contributed by atoms with Crippen molar-refractivity contribution in [2.24, 2.45) is 5.73 Å². The molecule has 0 aromatic heterocycles. The molecule has 3 N–H and O–H groups in total. The van der Waals surface area contributed by atoms with E-state index >= 15 is 0 Å². The standard InChI is InChI=1S/C13H19BrN2O2/c1-9-3-4-11(14)5-10(9)7-16(2)8-12(15)6-13(17)18/h3-5,12H,6-8,15H2,1-2H3,(H,17,18). The van der Waals surface area contributed by atoms with Crippen molar-refractivity contribution in [1.29, 1.82) is 0 Å². The average molecular weight is 315 g/mol. The second-order valence-corrected chi connectivity index (χ2v) is 5.54. The van der Waals surface area contributed by atoms with Crippen LogP contribution in [0.25, 0.3) is 0 Å². The number of benzene rings is 1. The van der Waals surface area contributed by atoms with Crippen LogP contribution in [0.2, 0.25) is 0 Å². The molecule has 0 saturated carbocycles. The van der Waals surface area contributed by atoms with Gasteiger partial charge in [0.2, 0.25) is 0 Å². The van der Waals surface area contributed by atoms with E-state index in [1.807, 2.05) is 18.0 Å². The topological polar surface area (TPSA) is 66.6 Å². The number of hydrogen-bond acceptors (Lipinski definition) is 3. The predicted molar refractivity (Wildman–Crippen MR) is 75.4 cm³/mol. The summed E-state index contributed by atoms with van der Waals surface area (Å²) in [5.41, 5.74) is 8.20. The van der Waals surface area contributed by atoms with Gasteiger partial charge in [-0.1, -0.05) is 22.0 Å². The molecule has 100 valence electrons. The number of nitrogens with two attached hydrogens (primary N) is 1. The maximum atomic E-state index is 10.5. The summed E-state index contributed by atoms with van der Waals surface area (Å²) < 4.78 is 1.05.